The molecule has 0 spiro atoms. The highest BCUT2D eigenvalue weighted by molar-refractivity contribution is 5.95. The van der Waals surface area contributed by atoms with E-state index < -0.39 is 6.03 Å². The van der Waals surface area contributed by atoms with Crippen molar-refractivity contribution in [3.05, 3.63) is 36.2 Å². The number of likely N-dealkylation sites (N-methyl/N-ethyl adjacent to an activating group) is 1. The second kappa shape index (κ2) is 12.3. The van der Waals surface area contributed by atoms with E-state index in [2.05, 4.69) is 37.3 Å². The van der Waals surface area contributed by atoms with Gasteiger partial charge in [-0.05, 0) is 50.1 Å². The number of imidazole rings is 1. The smallest absolute Gasteiger partial charge is 0.312 e. The van der Waals surface area contributed by atoms with Gasteiger partial charge in [0.25, 0.3) is 5.91 Å². The molecular weight excluding hydrogens is 496 g/mol. The van der Waals surface area contributed by atoms with Crippen molar-refractivity contribution < 1.29 is 9.59 Å². The number of aromatic nitrogens is 4. The van der Waals surface area contributed by atoms with E-state index in [1.54, 1.807) is 0 Å². The number of fused-ring (bicyclic) bond motifs is 1. The summed E-state index contributed by atoms with van der Waals surface area (Å²) in [5.74, 6) is 1.15. The van der Waals surface area contributed by atoms with Crippen LogP contribution in [0.15, 0.2) is 30.6 Å². The van der Waals surface area contributed by atoms with Crippen molar-refractivity contribution in [2.24, 2.45) is 5.73 Å². The van der Waals surface area contributed by atoms with E-state index in [0.717, 1.165) is 56.9 Å². The molecule has 1 aliphatic heterocycles. The number of urea groups is 1. The highest BCUT2D eigenvalue weighted by atomic mass is 16.2. The SMILES string of the molecule is CCN1CCN(C(=O)c2ccc(Nc3nc(NCCCNC(N)=O)nc4c3ncn4C3CCCC3)cc2)CC1. The molecule has 208 valence electrons. The van der Waals surface area contributed by atoms with Gasteiger partial charge < -0.3 is 36.1 Å². The normalized spacial score (nSPS) is 16.5. The summed E-state index contributed by atoms with van der Waals surface area (Å²) in [6, 6.07) is 7.37. The Labute approximate surface area is 228 Å². The number of benzene rings is 1. The van der Waals surface area contributed by atoms with Gasteiger partial charge in [0, 0.05) is 56.6 Å². The molecule has 0 bridgehead atoms. The van der Waals surface area contributed by atoms with Gasteiger partial charge in [-0.2, -0.15) is 9.97 Å². The van der Waals surface area contributed by atoms with E-state index >= 15 is 0 Å². The van der Waals surface area contributed by atoms with Crippen LogP contribution in [0.4, 0.5) is 22.2 Å². The highest BCUT2D eigenvalue weighted by Gasteiger charge is 2.23. The Morgan fingerprint density at radius 3 is 2.46 bits per heavy atom. The van der Waals surface area contributed by atoms with E-state index in [-0.39, 0.29) is 5.91 Å². The Bertz CT molecular complexity index is 1280. The van der Waals surface area contributed by atoms with Gasteiger partial charge in [-0.25, -0.2) is 9.78 Å². The molecule has 2 aliphatic rings. The third-order valence-electron chi connectivity index (χ3n) is 7.58. The number of amides is 3. The number of anilines is 3. The van der Waals surface area contributed by atoms with Gasteiger partial charge in [-0.1, -0.05) is 19.8 Å². The number of hydrogen-bond donors (Lipinski definition) is 4. The van der Waals surface area contributed by atoms with Gasteiger partial charge in [0.1, 0.15) is 0 Å². The summed E-state index contributed by atoms with van der Waals surface area (Å²) in [5, 5.41) is 9.25. The first-order valence-electron chi connectivity index (χ1n) is 13.9. The monoisotopic (exact) mass is 534 g/mol. The van der Waals surface area contributed by atoms with Crippen molar-refractivity contribution >= 4 is 40.6 Å². The lowest BCUT2D eigenvalue weighted by Gasteiger charge is -2.34. The van der Waals surface area contributed by atoms with Crippen LogP contribution in [0.2, 0.25) is 0 Å². The Balaban J connectivity index is 1.32. The van der Waals surface area contributed by atoms with E-state index in [0.29, 0.717) is 48.4 Å². The third-order valence-corrected chi connectivity index (χ3v) is 7.58. The standard InChI is InChI=1S/C27H38N10O2/c1-2-35-14-16-36(17-15-35)25(38)19-8-10-20(11-9-19)32-23-22-24(37(18-31-22)21-6-3-4-7-21)34-27(33-23)30-13-5-12-29-26(28)39/h8-11,18,21H,2-7,12-17H2,1H3,(H3,28,29,39)(H2,30,32,33,34). The van der Waals surface area contributed by atoms with Crippen LogP contribution in [0.3, 0.4) is 0 Å². The molecule has 39 heavy (non-hydrogen) atoms. The molecule has 2 fully saturated rings. The lowest BCUT2D eigenvalue weighted by atomic mass is 10.1. The van der Waals surface area contributed by atoms with E-state index in [1.165, 1.54) is 12.8 Å². The van der Waals surface area contributed by atoms with Gasteiger partial charge in [0.15, 0.2) is 17.0 Å². The number of hydrogen-bond acceptors (Lipinski definition) is 8. The molecular formula is C27H38N10O2. The first kappa shape index (κ1) is 26.7. The van der Waals surface area contributed by atoms with Crippen molar-refractivity contribution in [1.82, 2.24) is 34.6 Å². The Morgan fingerprint density at radius 1 is 1.03 bits per heavy atom. The minimum absolute atomic E-state index is 0.0642. The summed E-state index contributed by atoms with van der Waals surface area (Å²) in [7, 11) is 0. The second-order valence-electron chi connectivity index (χ2n) is 10.2. The maximum absolute atomic E-state index is 13.0. The highest BCUT2D eigenvalue weighted by Crippen LogP contribution is 2.33. The van der Waals surface area contributed by atoms with Crippen LogP contribution in [0.25, 0.3) is 11.2 Å². The van der Waals surface area contributed by atoms with Crippen LogP contribution >= 0.6 is 0 Å². The molecule has 12 heteroatoms. The van der Waals surface area contributed by atoms with Crippen LogP contribution < -0.4 is 21.7 Å². The predicted octanol–water partition coefficient (Wildman–Crippen LogP) is 2.93. The maximum Gasteiger partial charge on any atom is 0.312 e. The van der Waals surface area contributed by atoms with Gasteiger partial charge in [0.2, 0.25) is 5.95 Å². The van der Waals surface area contributed by atoms with Gasteiger partial charge in [-0.15, -0.1) is 0 Å². The fourth-order valence-electron chi connectivity index (χ4n) is 5.32. The number of carbonyl (C=O) groups is 2. The van der Waals surface area contributed by atoms with Crippen molar-refractivity contribution in [2.75, 3.05) is 56.4 Å². The zero-order valence-electron chi connectivity index (χ0n) is 22.5. The molecule has 2 aromatic heterocycles. The number of carbonyl (C=O) groups excluding carboxylic acids is 2. The number of rotatable bonds is 10. The van der Waals surface area contributed by atoms with Crippen LogP contribution in [-0.2, 0) is 0 Å². The lowest BCUT2D eigenvalue weighted by Crippen LogP contribution is -2.48. The third kappa shape index (κ3) is 6.39. The molecule has 5 N–H and O–H groups in total. The Morgan fingerprint density at radius 2 is 1.77 bits per heavy atom. The van der Waals surface area contributed by atoms with E-state index in [9.17, 15) is 9.59 Å². The molecule has 0 unspecified atom stereocenters. The largest absolute Gasteiger partial charge is 0.354 e. The number of nitrogens with zero attached hydrogens (tertiary/aromatic N) is 6. The van der Waals surface area contributed by atoms with Crippen LogP contribution in [-0.4, -0.2) is 87.1 Å². The molecule has 1 aliphatic carbocycles. The Kier molecular flexibility index (Phi) is 8.40. The maximum atomic E-state index is 13.0. The molecule has 12 nitrogen and oxygen atoms in total. The molecule has 1 aromatic carbocycles. The van der Waals surface area contributed by atoms with Gasteiger partial charge in [0.05, 0.1) is 6.33 Å². The average Bonchev–Trinajstić information content (AvgIpc) is 3.63. The van der Waals surface area contributed by atoms with E-state index in [1.807, 2.05) is 35.5 Å². The number of nitrogens with two attached hydrogens (primary N) is 1. The van der Waals surface area contributed by atoms with Crippen molar-refractivity contribution in [3.8, 4) is 0 Å². The summed E-state index contributed by atoms with van der Waals surface area (Å²) >= 11 is 0. The summed E-state index contributed by atoms with van der Waals surface area (Å²) in [6.45, 7) is 7.54. The summed E-state index contributed by atoms with van der Waals surface area (Å²) in [5.41, 5.74) is 8.13. The van der Waals surface area contributed by atoms with Crippen LogP contribution in [0.1, 0.15) is 55.4 Å². The first-order valence-corrected chi connectivity index (χ1v) is 13.9. The topological polar surface area (TPSA) is 146 Å². The molecule has 5 rings (SSSR count). The summed E-state index contributed by atoms with van der Waals surface area (Å²) in [6.07, 6.45) is 7.18. The second-order valence-corrected chi connectivity index (χ2v) is 10.2. The van der Waals surface area contributed by atoms with Crippen molar-refractivity contribution in [1.29, 1.82) is 0 Å². The number of primary amides is 1. The average molecular weight is 535 g/mol. The fourth-order valence-corrected chi connectivity index (χ4v) is 5.32. The number of piperazine rings is 1. The minimum Gasteiger partial charge on any atom is -0.354 e. The van der Waals surface area contributed by atoms with Crippen LogP contribution in [0.5, 0.6) is 0 Å². The molecule has 3 heterocycles. The molecule has 3 aromatic rings. The van der Waals surface area contributed by atoms with Crippen LogP contribution in [0, 0.1) is 0 Å². The number of nitrogens with one attached hydrogen (secondary N) is 3. The molecule has 0 radical (unpaired) electrons. The van der Waals surface area contributed by atoms with Crippen molar-refractivity contribution in [3.63, 3.8) is 0 Å². The molecule has 1 saturated heterocycles. The van der Waals surface area contributed by atoms with Gasteiger partial charge >= 0.3 is 6.03 Å². The molecule has 1 saturated carbocycles. The summed E-state index contributed by atoms with van der Waals surface area (Å²) in [4.78, 5) is 42.4. The fraction of sp³-hybridized carbons (Fsp3) is 0.519. The zero-order valence-corrected chi connectivity index (χ0v) is 22.5. The predicted molar refractivity (Wildman–Crippen MR) is 151 cm³/mol. The molecule has 3 amide bonds. The Hall–Kier alpha value is -3.93. The quantitative estimate of drug-likeness (QED) is 0.290. The molecule has 0 atom stereocenters. The summed E-state index contributed by atoms with van der Waals surface area (Å²) < 4.78 is 2.16. The van der Waals surface area contributed by atoms with Crippen molar-refractivity contribution in [2.45, 2.75) is 45.1 Å². The minimum atomic E-state index is -0.536. The van der Waals surface area contributed by atoms with Gasteiger partial charge in [-0.3, -0.25) is 4.79 Å². The zero-order chi connectivity index (χ0) is 27.2. The van der Waals surface area contributed by atoms with E-state index in [4.69, 9.17) is 15.7 Å². The first-order chi connectivity index (χ1) is 19.0. The lowest BCUT2D eigenvalue weighted by molar-refractivity contribution is 0.0643.